The van der Waals surface area contributed by atoms with E-state index in [1.54, 1.807) is 0 Å². The van der Waals surface area contributed by atoms with Crippen molar-refractivity contribution in [3.8, 4) is 0 Å². The number of ether oxygens (including phenoxy) is 1. The summed E-state index contributed by atoms with van der Waals surface area (Å²) in [6, 6.07) is 0. The van der Waals surface area contributed by atoms with Gasteiger partial charge in [-0.05, 0) is 143 Å². The van der Waals surface area contributed by atoms with Crippen LogP contribution in [0.2, 0.25) is 0 Å². The number of fused-ring (bicyclic) bond motifs is 7. The minimum Gasteiger partial charge on any atom is -0.459 e. The van der Waals surface area contributed by atoms with Crippen molar-refractivity contribution in [2.24, 2.45) is 56.7 Å². The van der Waals surface area contributed by atoms with Crippen molar-refractivity contribution in [3.05, 3.63) is 34.9 Å². The van der Waals surface area contributed by atoms with Gasteiger partial charge in [0, 0.05) is 0 Å². The van der Waals surface area contributed by atoms with Gasteiger partial charge >= 0.3 is 5.97 Å². The summed E-state index contributed by atoms with van der Waals surface area (Å²) in [6.07, 6.45) is 10.7. The van der Waals surface area contributed by atoms with Crippen molar-refractivity contribution in [1.29, 1.82) is 0 Å². The van der Waals surface area contributed by atoms with E-state index >= 15 is 0 Å². The lowest BCUT2D eigenvalue weighted by Crippen LogP contribution is -2.67. The summed E-state index contributed by atoms with van der Waals surface area (Å²) in [6.45, 7) is 25.3. The summed E-state index contributed by atoms with van der Waals surface area (Å²) in [4.78, 5) is 23.7. The fraction of sp³-hybridized carbons (Fsp3) is 0.816. The normalized spacial score (nSPS) is 44.9. The van der Waals surface area contributed by atoms with Gasteiger partial charge in [0.15, 0.2) is 0 Å². The highest BCUT2D eigenvalue weighted by Crippen LogP contribution is 2.77. The third kappa shape index (κ3) is 4.21. The van der Waals surface area contributed by atoms with Crippen molar-refractivity contribution >= 4 is 5.97 Å². The molecule has 0 aliphatic heterocycles. The van der Waals surface area contributed by atoms with Crippen LogP contribution in [-0.4, -0.2) is 27.1 Å². The number of aliphatic hydroxyl groups excluding tert-OH is 1. The Bertz CT molecular complexity index is 1320. The van der Waals surface area contributed by atoms with Crippen LogP contribution in [0.4, 0.5) is 0 Å². The first-order valence-corrected chi connectivity index (χ1v) is 17.3. The standard InChI is InChI=1S/C38H58N2O3/c1-22(2)26-13-18-38(33(42)43-21-28-25(5)39-23(3)24(4)40-28)20-19-36(9)27(32(26)38)11-12-30-35(8)16-15-31(41)34(6,7)29(35)14-17-37(30,36)10/h26-27,29-32,41H,1,11-21H2,2-10H3/t26-,27+,29-,30+,31-,32+,35-,36+,37+,38-/m0/s1. The zero-order valence-corrected chi connectivity index (χ0v) is 28.6. The number of hydrogen-bond donors (Lipinski definition) is 1. The maximum atomic E-state index is 14.4. The molecule has 1 heterocycles. The molecule has 1 N–H and O–H groups in total. The van der Waals surface area contributed by atoms with E-state index in [-0.39, 0.29) is 46.3 Å². The summed E-state index contributed by atoms with van der Waals surface area (Å²) in [5.74, 6) is 2.36. The second kappa shape index (κ2) is 10.1. The Hall–Kier alpha value is -1.75. The quantitative estimate of drug-likeness (QED) is 0.281. The van der Waals surface area contributed by atoms with Crippen LogP contribution in [0.25, 0.3) is 0 Å². The van der Waals surface area contributed by atoms with E-state index in [2.05, 4.69) is 53.1 Å². The molecule has 0 aromatic carbocycles. The number of allylic oxidation sites excluding steroid dienone is 1. The van der Waals surface area contributed by atoms with Gasteiger partial charge in [-0.25, -0.2) is 0 Å². The molecule has 1 aromatic rings. The second-order valence-electron chi connectivity index (χ2n) is 17.2. The molecule has 1 aromatic heterocycles. The van der Waals surface area contributed by atoms with Crippen LogP contribution < -0.4 is 0 Å². The van der Waals surface area contributed by atoms with E-state index in [1.165, 1.54) is 31.3 Å². The maximum absolute atomic E-state index is 14.4. The van der Waals surface area contributed by atoms with Crippen LogP contribution in [0, 0.1) is 77.4 Å². The minimum absolute atomic E-state index is 0.00584. The van der Waals surface area contributed by atoms with Crippen LogP contribution in [0.15, 0.2) is 12.2 Å². The van der Waals surface area contributed by atoms with Crippen molar-refractivity contribution in [1.82, 2.24) is 9.97 Å². The number of carbonyl (C=O) groups is 1. The number of aromatic nitrogens is 2. The van der Waals surface area contributed by atoms with E-state index in [4.69, 9.17) is 9.72 Å². The minimum atomic E-state index is -0.434. The average molecular weight is 591 g/mol. The van der Waals surface area contributed by atoms with Crippen molar-refractivity contribution in [2.75, 3.05) is 0 Å². The number of hydrogen-bond acceptors (Lipinski definition) is 5. The number of aliphatic hydroxyl groups is 1. The molecule has 0 amide bonds. The first-order valence-electron chi connectivity index (χ1n) is 17.3. The summed E-state index contributed by atoms with van der Waals surface area (Å²) in [5.41, 5.74) is 4.88. The Balaban J connectivity index is 1.32. The molecule has 5 heteroatoms. The molecule has 6 rings (SSSR count). The van der Waals surface area contributed by atoms with Crippen LogP contribution in [0.3, 0.4) is 0 Å². The summed E-state index contributed by atoms with van der Waals surface area (Å²) >= 11 is 0. The van der Waals surface area contributed by atoms with Gasteiger partial charge in [-0.3, -0.25) is 14.8 Å². The molecular formula is C38H58N2O3. The largest absolute Gasteiger partial charge is 0.459 e. The Kier molecular flexibility index (Phi) is 7.36. The number of rotatable bonds is 4. The monoisotopic (exact) mass is 590 g/mol. The van der Waals surface area contributed by atoms with Crippen LogP contribution in [-0.2, 0) is 16.1 Å². The van der Waals surface area contributed by atoms with Gasteiger partial charge in [-0.1, -0.05) is 46.8 Å². The van der Waals surface area contributed by atoms with Gasteiger partial charge in [-0.15, -0.1) is 0 Å². The maximum Gasteiger partial charge on any atom is 0.312 e. The van der Waals surface area contributed by atoms with Gasteiger partial charge in [0.05, 0.1) is 34.3 Å². The van der Waals surface area contributed by atoms with Gasteiger partial charge in [0.1, 0.15) is 6.61 Å². The van der Waals surface area contributed by atoms with E-state index in [1.807, 2.05) is 20.8 Å². The fourth-order valence-electron chi connectivity index (χ4n) is 12.7. The molecular weight excluding hydrogens is 532 g/mol. The Labute approximate surface area is 261 Å². The zero-order chi connectivity index (χ0) is 31.3. The zero-order valence-electron chi connectivity index (χ0n) is 28.6. The summed E-state index contributed by atoms with van der Waals surface area (Å²) in [7, 11) is 0. The van der Waals surface area contributed by atoms with Crippen LogP contribution >= 0.6 is 0 Å². The average Bonchev–Trinajstić information content (AvgIpc) is 3.34. The third-order valence-electron chi connectivity index (χ3n) is 15.4. The molecule has 0 saturated heterocycles. The predicted octanol–water partition coefficient (Wildman–Crippen LogP) is 8.46. The Morgan fingerprint density at radius 2 is 1.53 bits per heavy atom. The molecule has 0 bridgehead atoms. The van der Waals surface area contributed by atoms with E-state index in [0.29, 0.717) is 23.7 Å². The number of nitrogens with zero attached hydrogens (tertiary/aromatic N) is 2. The number of esters is 1. The van der Waals surface area contributed by atoms with Gasteiger partial charge in [0.2, 0.25) is 0 Å². The Morgan fingerprint density at radius 3 is 2.23 bits per heavy atom. The molecule has 0 radical (unpaired) electrons. The van der Waals surface area contributed by atoms with E-state index < -0.39 is 5.41 Å². The molecule has 43 heavy (non-hydrogen) atoms. The smallest absolute Gasteiger partial charge is 0.312 e. The van der Waals surface area contributed by atoms with Gasteiger partial charge in [-0.2, -0.15) is 0 Å². The Morgan fingerprint density at radius 1 is 0.837 bits per heavy atom. The third-order valence-corrected chi connectivity index (χ3v) is 15.4. The molecule has 5 aliphatic carbocycles. The lowest BCUT2D eigenvalue weighted by atomic mass is 9.32. The van der Waals surface area contributed by atoms with Gasteiger partial charge < -0.3 is 9.84 Å². The molecule has 10 atom stereocenters. The second-order valence-corrected chi connectivity index (χ2v) is 17.2. The molecule has 0 spiro atoms. The van der Waals surface area contributed by atoms with Crippen LogP contribution in [0.1, 0.15) is 129 Å². The molecule has 5 nitrogen and oxygen atoms in total. The predicted molar refractivity (Wildman–Crippen MR) is 171 cm³/mol. The SMILES string of the molecule is C=C(C)[C@@H]1CC[C@]2(C(=O)OCc3nc(C)c(C)nc3C)CC[C@]3(C)[C@H](CC[C@@H]4[C@@]5(C)CC[C@H](O)C(C)(C)[C@@H]5CC[C@]43C)[C@@H]12. The molecule has 0 unspecified atom stereocenters. The van der Waals surface area contributed by atoms with E-state index in [0.717, 1.165) is 61.3 Å². The molecule has 5 aliphatic rings. The topological polar surface area (TPSA) is 72.3 Å². The lowest BCUT2D eigenvalue weighted by molar-refractivity contribution is -0.248. The molecule has 5 saturated carbocycles. The van der Waals surface area contributed by atoms with Gasteiger partial charge in [0.25, 0.3) is 0 Å². The fourth-order valence-corrected chi connectivity index (χ4v) is 12.7. The molecule has 238 valence electrons. The number of aryl methyl sites for hydroxylation is 3. The van der Waals surface area contributed by atoms with Crippen molar-refractivity contribution in [2.45, 2.75) is 139 Å². The van der Waals surface area contributed by atoms with Crippen molar-refractivity contribution in [3.63, 3.8) is 0 Å². The highest BCUT2D eigenvalue weighted by molar-refractivity contribution is 5.78. The first kappa shape index (κ1) is 31.2. The van der Waals surface area contributed by atoms with Crippen molar-refractivity contribution < 1.29 is 14.6 Å². The van der Waals surface area contributed by atoms with E-state index in [9.17, 15) is 9.90 Å². The number of carbonyl (C=O) groups excluding carboxylic acids is 1. The lowest BCUT2D eigenvalue weighted by Gasteiger charge is -2.72. The highest BCUT2D eigenvalue weighted by atomic mass is 16.5. The summed E-state index contributed by atoms with van der Waals surface area (Å²) < 4.78 is 6.25. The summed E-state index contributed by atoms with van der Waals surface area (Å²) in [5, 5.41) is 11.1. The first-order chi connectivity index (χ1) is 20.0. The van der Waals surface area contributed by atoms with Crippen LogP contribution in [0.5, 0.6) is 0 Å². The highest BCUT2D eigenvalue weighted by Gasteiger charge is 2.72. The molecule has 5 fully saturated rings.